The first-order valence-corrected chi connectivity index (χ1v) is 8.83. The fourth-order valence-electron chi connectivity index (χ4n) is 2.90. The van der Waals surface area contributed by atoms with Crippen molar-refractivity contribution in [3.8, 4) is 11.1 Å². The molecule has 2 nitrogen and oxygen atoms in total. The summed E-state index contributed by atoms with van der Waals surface area (Å²) < 4.78 is 25.3. The number of hydrogen-bond acceptors (Lipinski definition) is 2. The van der Waals surface area contributed by atoms with Gasteiger partial charge in [-0.1, -0.05) is 61.7 Å². The monoisotopic (exact) mass is 346 g/mol. The van der Waals surface area contributed by atoms with Gasteiger partial charge in [0.15, 0.2) is 0 Å². The van der Waals surface area contributed by atoms with Crippen LogP contribution in [0.1, 0.15) is 26.2 Å². The average molecular weight is 347 g/mol. The van der Waals surface area contributed by atoms with Gasteiger partial charge in [-0.25, -0.2) is 4.39 Å². The van der Waals surface area contributed by atoms with Crippen molar-refractivity contribution in [3.05, 3.63) is 53.3 Å². The largest absolute Gasteiger partial charge is 0.493 e. The standard InChI is InChI=1S/C19H21BClFO2/c1-2-3-4-14-12-23-20(24-13-14)17-8-5-15(6-9-17)16-7-10-18(21)19(22)11-16/h5-11,14H,2-4,12-13H2,1H3. The summed E-state index contributed by atoms with van der Waals surface area (Å²) in [6.07, 6.45) is 3.57. The van der Waals surface area contributed by atoms with Crippen molar-refractivity contribution in [1.29, 1.82) is 0 Å². The van der Waals surface area contributed by atoms with E-state index >= 15 is 0 Å². The number of hydrogen-bond donors (Lipinski definition) is 0. The van der Waals surface area contributed by atoms with E-state index in [0.29, 0.717) is 5.92 Å². The zero-order chi connectivity index (χ0) is 16.9. The van der Waals surface area contributed by atoms with Crippen molar-refractivity contribution in [3.63, 3.8) is 0 Å². The molecule has 1 heterocycles. The van der Waals surface area contributed by atoms with Gasteiger partial charge in [-0.15, -0.1) is 0 Å². The van der Waals surface area contributed by atoms with E-state index in [4.69, 9.17) is 20.9 Å². The maximum Gasteiger partial charge on any atom is 0.493 e. The minimum absolute atomic E-state index is 0.136. The Morgan fingerprint density at radius 1 is 1.08 bits per heavy atom. The van der Waals surface area contributed by atoms with Crippen LogP contribution < -0.4 is 5.46 Å². The summed E-state index contributed by atoms with van der Waals surface area (Å²) >= 11 is 5.73. The maximum absolute atomic E-state index is 13.6. The van der Waals surface area contributed by atoms with Crippen LogP contribution in [-0.4, -0.2) is 20.3 Å². The van der Waals surface area contributed by atoms with E-state index in [1.807, 2.05) is 30.3 Å². The Morgan fingerprint density at radius 2 is 1.75 bits per heavy atom. The van der Waals surface area contributed by atoms with Crippen molar-refractivity contribution in [2.24, 2.45) is 5.92 Å². The first-order valence-electron chi connectivity index (χ1n) is 8.46. The van der Waals surface area contributed by atoms with Gasteiger partial charge >= 0.3 is 7.12 Å². The van der Waals surface area contributed by atoms with Gasteiger partial charge in [0.2, 0.25) is 0 Å². The van der Waals surface area contributed by atoms with E-state index in [1.165, 1.54) is 18.9 Å². The summed E-state index contributed by atoms with van der Waals surface area (Å²) in [6.45, 7) is 3.69. The number of rotatable bonds is 5. The molecule has 0 aromatic heterocycles. The fraction of sp³-hybridized carbons (Fsp3) is 0.368. The molecule has 5 heteroatoms. The quantitative estimate of drug-likeness (QED) is 0.731. The van der Waals surface area contributed by atoms with Crippen LogP contribution >= 0.6 is 11.6 Å². The molecule has 0 unspecified atom stereocenters. The average Bonchev–Trinajstić information content (AvgIpc) is 2.63. The maximum atomic E-state index is 13.6. The lowest BCUT2D eigenvalue weighted by Crippen LogP contribution is -2.44. The van der Waals surface area contributed by atoms with Crippen molar-refractivity contribution in [2.45, 2.75) is 26.2 Å². The van der Waals surface area contributed by atoms with E-state index in [9.17, 15) is 4.39 Å². The Hall–Kier alpha value is -1.36. The highest BCUT2D eigenvalue weighted by Crippen LogP contribution is 2.24. The Bertz CT molecular complexity index is 670. The van der Waals surface area contributed by atoms with Gasteiger partial charge in [0.1, 0.15) is 5.82 Å². The molecule has 0 saturated carbocycles. The molecule has 1 aliphatic rings. The van der Waals surface area contributed by atoms with E-state index in [1.54, 1.807) is 6.07 Å². The van der Waals surface area contributed by atoms with Gasteiger partial charge in [-0.3, -0.25) is 0 Å². The van der Waals surface area contributed by atoms with Gasteiger partial charge in [0, 0.05) is 19.1 Å². The van der Waals surface area contributed by atoms with Crippen LogP contribution in [0.3, 0.4) is 0 Å². The topological polar surface area (TPSA) is 18.5 Å². The zero-order valence-corrected chi connectivity index (χ0v) is 14.6. The molecule has 0 aliphatic carbocycles. The molecule has 3 rings (SSSR count). The minimum atomic E-state index is -0.407. The second-order valence-corrected chi connectivity index (χ2v) is 6.66. The molecule has 1 fully saturated rings. The molecule has 0 N–H and O–H groups in total. The third-order valence-electron chi connectivity index (χ3n) is 4.37. The molecule has 2 aromatic carbocycles. The first kappa shape index (κ1) is 17.5. The summed E-state index contributed by atoms with van der Waals surface area (Å²) in [5.41, 5.74) is 2.72. The van der Waals surface area contributed by atoms with Gasteiger partial charge < -0.3 is 9.31 Å². The molecule has 0 spiro atoms. The van der Waals surface area contributed by atoms with Crippen molar-refractivity contribution in [1.82, 2.24) is 0 Å². The summed E-state index contributed by atoms with van der Waals surface area (Å²) in [6, 6.07) is 12.7. The predicted molar refractivity (Wildman–Crippen MR) is 97.2 cm³/mol. The highest BCUT2D eigenvalue weighted by atomic mass is 35.5. The van der Waals surface area contributed by atoms with Crippen molar-refractivity contribution >= 4 is 24.2 Å². The van der Waals surface area contributed by atoms with Crippen LogP contribution in [0, 0.1) is 11.7 Å². The normalized spacial score (nSPS) is 15.7. The Kier molecular flexibility index (Phi) is 5.93. The molecule has 0 radical (unpaired) electrons. The van der Waals surface area contributed by atoms with Crippen LogP contribution in [0.4, 0.5) is 4.39 Å². The summed E-state index contributed by atoms with van der Waals surface area (Å²) in [7, 11) is -0.307. The molecule has 0 amide bonds. The van der Waals surface area contributed by atoms with Crippen LogP contribution in [0.25, 0.3) is 11.1 Å². The second-order valence-electron chi connectivity index (χ2n) is 6.26. The molecule has 24 heavy (non-hydrogen) atoms. The summed E-state index contributed by atoms with van der Waals surface area (Å²) in [4.78, 5) is 0. The van der Waals surface area contributed by atoms with E-state index in [0.717, 1.165) is 36.2 Å². The first-order chi connectivity index (χ1) is 11.7. The molecule has 1 saturated heterocycles. The van der Waals surface area contributed by atoms with Gasteiger partial charge in [0.25, 0.3) is 0 Å². The van der Waals surface area contributed by atoms with Crippen LogP contribution in [0.15, 0.2) is 42.5 Å². The second kappa shape index (κ2) is 8.15. The Morgan fingerprint density at radius 3 is 2.38 bits per heavy atom. The molecule has 126 valence electrons. The number of unbranched alkanes of at least 4 members (excludes halogenated alkanes) is 1. The lowest BCUT2D eigenvalue weighted by Gasteiger charge is -2.27. The van der Waals surface area contributed by atoms with Crippen molar-refractivity contribution < 1.29 is 13.7 Å². The number of benzene rings is 2. The van der Waals surface area contributed by atoms with Crippen molar-refractivity contribution in [2.75, 3.05) is 13.2 Å². The van der Waals surface area contributed by atoms with E-state index in [-0.39, 0.29) is 12.1 Å². The Balaban J connectivity index is 1.64. The molecule has 0 bridgehead atoms. The van der Waals surface area contributed by atoms with E-state index in [2.05, 4.69) is 6.92 Å². The molecular formula is C19H21BClFO2. The van der Waals surface area contributed by atoms with Crippen LogP contribution in [-0.2, 0) is 9.31 Å². The third-order valence-corrected chi connectivity index (χ3v) is 4.67. The SMILES string of the molecule is CCCCC1COB(c2ccc(-c3ccc(Cl)c(F)c3)cc2)OC1. The molecule has 2 aromatic rings. The molecule has 1 aliphatic heterocycles. The van der Waals surface area contributed by atoms with Gasteiger partial charge in [-0.05, 0) is 35.1 Å². The lowest BCUT2D eigenvalue weighted by atomic mass is 9.76. The van der Waals surface area contributed by atoms with Gasteiger partial charge in [0.05, 0.1) is 5.02 Å². The minimum Gasteiger partial charge on any atom is -0.407 e. The highest BCUT2D eigenvalue weighted by molar-refractivity contribution is 6.61. The summed E-state index contributed by atoms with van der Waals surface area (Å²) in [5.74, 6) is 0.0906. The van der Waals surface area contributed by atoms with Crippen LogP contribution in [0.2, 0.25) is 5.02 Å². The smallest absolute Gasteiger partial charge is 0.407 e. The Labute approximate surface area is 148 Å². The molecule has 0 atom stereocenters. The zero-order valence-electron chi connectivity index (χ0n) is 13.8. The third kappa shape index (κ3) is 4.18. The fourth-order valence-corrected chi connectivity index (χ4v) is 3.02. The van der Waals surface area contributed by atoms with Crippen LogP contribution in [0.5, 0.6) is 0 Å². The lowest BCUT2D eigenvalue weighted by molar-refractivity contribution is 0.0813. The highest BCUT2D eigenvalue weighted by Gasteiger charge is 2.28. The molecular weight excluding hydrogens is 325 g/mol. The summed E-state index contributed by atoms with van der Waals surface area (Å²) in [5, 5.41) is 0.136. The number of halogens is 2. The van der Waals surface area contributed by atoms with Gasteiger partial charge in [-0.2, -0.15) is 0 Å². The van der Waals surface area contributed by atoms with E-state index < -0.39 is 5.82 Å². The predicted octanol–water partition coefficient (Wildman–Crippen LogP) is 4.69.